The van der Waals surface area contributed by atoms with Crippen LogP contribution in [0.3, 0.4) is 0 Å². The molecule has 1 aromatic heterocycles. The number of amides is 1. The largest absolute Gasteiger partial charge is 0.399 e. The van der Waals surface area contributed by atoms with Crippen LogP contribution in [-0.2, 0) is 4.79 Å². The van der Waals surface area contributed by atoms with Gasteiger partial charge >= 0.3 is 0 Å². The molecule has 1 unspecified atom stereocenters. The van der Waals surface area contributed by atoms with Crippen molar-refractivity contribution in [1.82, 2.24) is 9.55 Å². The van der Waals surface area contributed by atoms with E-state index in [1.54, 1.807) is 30.6 Å². The van der Waals surface area contributed by atoms with Gasteiger partial charge < -0.3 is 20.4 Å². The zero-order chi connectivity index (χ0) is 20.2. The van der Waals surface area contributed by atoms with Crippen molar-refractivity contribution in [3.8, 4) is 0 Å². The third-order valence-electron chi connectivity index (χ3n) is 4.85. The second-order valence-corrected chi connectivity index (χ2v) is 6.76. The lowest BCUT2D eigenvalue weighted by Crippen LogP contribution is -2.12. The highest BCUT2D eigenvalue weighted by atomic mass is 16.1. The second kappa shape index (κ2) is 7.98. The van der Waals surface area contributed by atoms with Gasteiger partial charge in [0.15, 0.2) is 0 Å². The summed E-state index contributed by atoms with van der Waals surface area (Å²) in [5.74, 6) is -0.216. The summed E-state index contributed by atoms with van der Waals surface area (Å²) in [6.45, 7) is 0. The molecule has 4 aromatic rings. The maximum Gasteiger partial charge on any atom is 0.255 e. The van der Waals surface area contributed by atoms with Crippen molar-refractivity contribution in [3.63, 3.8) is 0 Å². The van der Waals surface area contributed by atoms with Gasteiger partial charge in [0, 0.05) is 23.4 Å². The van der Waals surface area contributed by atoms with Crippen LogP contribution in [0.5, 0.6) is 0 Å². The Morgan fingerprint density at radius 2 is 1.83 bits per heavy atom. The Balaban J connectivity index is 1.62. The van der Waals surface area contributed by atoms with Crippen molar-refractivity contribution in [1.29, 1.82) is 0 Å². The summed E-state index contributed by atoms with van der Waals surface area (Å²) >= 11 is 0. The van der Waals surface area contributed by atoms with E-state index in [9.17, 15) is 9.59 Å². The molecule has 0 radical (unpaired) electrons. The fourth-order valence-electron chi connectivity index (χ4n) is 3.37. The molecule has 1 amide bonds. The highest BCUT2D eigenvalue weighted by Crippen LogP contribution is 2.27. The molecule has 0 saturated carbocycles. The molecule has 4 rings (SSSR count). The Morgan fingerprint density at radius 3 is 2.55 bits per heavy atom. The van der Waals surface area contributed by atoms with Crippen LogP contribution in [0.2, 0.25) is 0 Å². The van der Waals surface area contributed by atoms with Crippen LogP contribution in [0.25, 0.3) is 11.0 Å². The second-order valence-electron chi connectivity index (χ2n) is 6.76. The predicted octanol–water partition coefficient (Wildman–Crippen LogP) is 4.05. The molecule has 0 aliphatic rings. The number of nitrogens with one attached hydrogen (secondary N) is 1. The number of imidazole rings is 1. The minimum atomic E-state index is -0.216. The van der Waals surface area contributed by atoms with Gasteiger partial charge in [-0.3, -0.25) is 4.79 Å². The maximum absolute atomic E-state index is 12.4. The lowest BCUT2D eigenvalue weighted by atomic mass is 10.0. The lowest BCUT2D eigenvalue weighted by molar-refractivity contribution is -0.108. The number of rotatable bonds is 6. The van der Waals surface area contributed by atoms with Gasteiger partial charge in [-0.1, -0.05) is 30.3 Å². The summed E-state index contributed by atoms with van der Waals surface area (Å²) in [5.41, 5.74) is 10.1. The van der Waals surface area contributed by atoms with E-state index in [0.717, 1.165) is 22.9 Å². The molecule has 0 saturated heterocycles. The van der Waals surface area contributed by atoms with E-state index in [0.29, 0.717) is 23.4 Å². The predicted molar refractivity (Wildman–Crippen MR) is 114 cm³/mol. The van der Waals surface area contributed by atoms with Gasteiger partial charge in [-0.2, -0.15) is 0 Å². The van der Waals surface area contributed by atoms with Crippen LogP contribution in [0.4, 0.5) is 11.4 Å². The van der Waals surface area contributed by atoms with Gasteiger partial charge in [-0.15, -0.1) is 0 Å². The van der Waals surface area contributed by atoms with E-state index >= 15 is 0 Å². The number of aromatic nitrogens is 2. The molecule has 0 aliphatic heterocycles. The van der Waals surface area contributed by atoms with E-state index in [2.05, 4.69) is 10.3 Å². The number of fused-ring (bicyclic) bond motifs is 1. The van der Waals surface area contributed by atoms with Crippen LogP contribution in [0.15, 0.2) is 79.1 Å². The third kappa shape index (κ3) is 3.87. The van der Waals surface area contributed by atoms with Crippen molar-refractivity contribution < 1.29 is 9.59 Å². The number of aldehydes is 1. The summed E-state index contributed by atoms with van der Waals surface area (Å²) in [6, 6.07) is 22.0. The van der Waals surface area contributed by atoms with E-state index < -0.39 is 0 Å². The molecule has 29 heavy (non-hydrogen) atoms. The van der Waals surface area contributed by atoms with Crippen molar-refractivity contribution in [3.05, 3.63) is 90.3 Å². The summed E-state index contributed by atoms with van der Waals surface area (Å²) in [4.78, 5) is 28.2. The molecule has 3 N–H and O–H groups in total. The minimum Gasteiger partial charge on any atom is -0.399 e. The average Bonchev–Trinajstić information content (AvgIpc) is 3.16. The zero-order valence-corrected chi connectivity index (χ0v) is 15.7. The fraction of sp³-hybridized carbons (Fsp3) is 0.0870. The van der Waals surface area contributed by atoms with Gasteiger partial charge in [0.2, 0.25) is 0 Å². The summed E-state index contributed by atoms with van der Waals surface area (Å²) in [6.07, 6.45) is 3.01. The molecule has 0 fully saturated rings. The van der Waals surface area contributed by atoms with Gasteiger partial charge in [0.05, 0.1) is 23.4 Å². The molecule has 6 nitrogen and oxygen atoms in total. The van der Waals surface area contributed by atoms with Gasteiger partial charge in [0.25, 0.3) is 5.91 Å². The number of nitrogens with zero attached hydrogens (tertiary/aromatic N) is 2. The third-order valence-corrected chi connectivity index (χ3v) is 4.85. The van der Waals surface area contributed by atoms with Gasteiger partial charge in [0.1, 0.15) is 6.29 Å². The Kier molecular flexibility index (Phi) is 5.07. The first-order valence-electron chi connectivity index (χ1n) is 9.28. The number of hydrogen-bond acceptors (Lipinski definition) is 4. The van der Waals surface area contributed by atoms with Crippen LogP contribution >= 0.6 is 0 Å². The highest BCUT2D eigenvalue weighted by molar-refractivity contribution is 6.05. The number of carbonyl (C=O) groups is 2. The topological polar surface area (TPSA) is 90.0 Å². The molecule has 3 aromatic carbocycles. The smallest absolute Gasteiger partial charge is 0.255 e. The first kappa shape index (κ1) is 18.4. The minimum absolute atomic E-state index is 0.131. The average molecular weight is 384 g/mol. The molecule has 6 heteroatoms. The summed E-state index contributed by atoms with van der Waals surface area (Å²) < 4.78 is 1.99. The van der Waals surface area contributed by atoms with Crippen LogP contribution in [-0.4, -0.2) is 21.7 Å². The normalized spacial score (nSPS) is 11.9. The van der Waals surface area contributed by atoms with Crippen molar-refractivity contribution in [2.75, 3.05) is 11.1 Å². The van der Waals surface area contributed by atoms with E-state index in [1.165, 1.54) is 0 Å². The number of nitrogens with two attached hydrogens (primary N) is 1. The first-order chi connectivity index (χ1) is 14.2. The Labute approximate surface area is 168 Å². The van der Waals surface area contributed by atoms with Crippen molar-refractivity contribution in [2.24, 2.45) is 0 Å². The van der Waals surface area contributed by atoms with E-state index in [-0.39, 0.29) is 11.9 Å². The van der Waals surface area contributed by atoms with Crippen molar-refractivity contribution in [2.45, 2.75) is 12.5 Å². The SMILES string of the molecule is Nc1ccc(C(=O)Nc2ccc3c(c2)ncn3C(CC=O)c2ccccc2)cc1. The quantitative estimate of drug-likeness (QED) is 0.388. The fourth-order valence-corrected chi connectivity index (χ4v) is 3.37. The Bertz CT molecular complexity index is 1150. The van der Waals surface area contributed by atoms with Gasteiger partial charge in [-0.05, 0) is 48.0 Å². The molecule has 0 bridgehead atoms. The van der Waals surface area contributed by atoms with Gasteiger partial charge in [-0.25, -0.2) is 4.98 Å². The number of nitrogen functional groups attached to an aromatic ring is 1. The molecule has 0 aliphatic carbocycles. The summed E-state index contributed by atoms with van der Waals surface area (Å²) in [5, 5.41) is 2.88. The first-order valence-corrected chi connectivity index (χ1v) is 9.28. The summed E-state index contributed by atoms with van der Waals surface area (Å²) in [7, 11) is 0. The lowest BCUT2D eigenvalue weighted by Gasteiger charge is -2.17. The van der Waals surface area contributed by atoms with E-state index in [4.69, 9.17) is 5.73 Å². The molecular formula is C23H20N4O2. The van der Waals surface area contributed by atoms with Crippen LogP contribution in [0, 0.1) is 0 Å². The van der Waals surface area contributed by atoms with Crippen molar-refractivity contribution >= 4 is 34.6 Å². The maximum atomic E-state index is 12.4. The number of benzene rings is 3. The number of hydrogen-bond donors (Lipinski definition) is 2. The molecule has 144 valence electrons. The molecule has 1 atom stereocenters. The standard InChI is InChI=1S/C23H20N4O2/c24-18-8-6-17(7-9-18)23(29)26-19-10-11-22-20(14-19)25-15-27(22)21(12-13-28)16-4-2-1-3-5-16/h1-11,13-15,21H,12,24H2,(H,26,29). The molecular weight excluding hydrogens is 364 g/mol. The Morgan fingerprint density at radius 1 is 1.07 bits per heavy atom. The van der Waals surface area contributed by atoms with E-state index in [1.807, 2.05) is 53.1 Å². The monoisotopic (exact) mass is 384 g/mol. The number of carbonyl (C=O) groups excluding carboxylic acids is 2. The molecule has 0 spiro atoms. The number of anilines is 2. The highest BCUT2D eigenvalue weighted by Gasteiger charge is 2.16. The Hall–Kier alpha value is -3.93. The van der Waals surface area contributed by atoms with Crippen LogP contribution in [0.1, 0.15) is 28.4 Å². The van der Waals surface area contributed by atoms with Crippen LogP contribution < -0.4 is 11.1 Å². The molecule has 1 heterocycles. The zero-order valence-electron chi connectivity index (χ0n) is 15.7.